The van der Waals surface area contributed by atoms with Crippen LogP contribution in [0.25, 0.3) is 0 Å². The first-order chi connectivity index (χ1) is 4.24. The van der Waals surface area contributed by atoms with E-state index in [1.807, 2.05) is 13.0 Å². The third-order valence-corrected chi connectivity index (χ3v) is 1.46. The monoisotopic (exact) mass is 140 g/mol. The van der Waals surface area contributed by atoms with E-state index in [4.69, 9.17) is 16.9 Å². The molecule has 46 valence electrons. The van der Waals surface area contributed by atoms with Gasteiger partial charge in [0.1, 0.15) is 11.8 Å². The van der Waals surface area contributed by atoms with Crippen LogP contribution in [0.2, 0.25) is 5.02 Å². The molecular formula is C6H5ClN2. The van der Waals surface area contributed by atoms with E-state index in [1.165, 1.54) is 0 Å². The van der Waals surface area contributed by atoms with Crippen LogP contribution in [0.4, 0.5) is 0 Å². The third-order valence-electron chi connectivity index (χ3n) is 1.07. The number of aromatic amines is 1. The molecule has 0 atom stereocenters. The van der Waals surface area contributed by atoms with Crippen LogP contribution in [0.5, 0.6) is 0 Å². The van der Waals surface area contributed by atoms with Gasteiger partial charge < -0.3 is 4.98 Å². The molecule has 2 nitrogen and oxygen atoms in total. The lowest BCUT2D eigenvalue weighted by molar-refractivity contribution is 1.23. The molecule has 3 heteroatoms. The quantitative estimate of drug-likeness (QED) is 0.587. The van der Waals surface area contributed by atoms with E-state index in [2.05, 4.69) is 4.98 Å². The minimum Gasteiger partial charge on any atom is -0.349 e. The molecule has 1 rings (SSSR count). The molecule has 0 aromatic carbocycles. The van der Waals surface area contributed by atoms with Crippen molar-refractivity contribution in [3.8, 4) is 6.07 Å². The zero-order valence-electron chi connectivity index (χ0n) is 4.90. The van der Waals surface area contributed by atoms with Crippen LogP contribution >= 0.6 is 11.6 Å². The number of hydrogen-bond donors (Lipinski definition) is 1. The zero-order valence-corrected chi connectivity index (χ0v) is 5.66. The highest BCUT2D eigenvalue weighted by Crippen LogP contribution is 2.14. The first kappa shape index (κ1) is 6.18. The minimum atomic E-state index is 0.512. The molecule has 1 heterocycles. The lowest BCUT2D eigenvalue weighted by atomic mass is 10.4. The highest BCUT2D eigenvalue weighted by Gasteiger charge is 1.98. The fourth-order valence-electron chi connectivity index (χ4n) is 0.593. The lowest BCUT2D eigenvalue weighted by Gasteiger charge is -1.79. The summed E-state index contributed by atoms with van der Waals surface area (Å²) in [5.41, 5.74) is 1.35. The minimum absolute atomic E-state index is 0.512. The van der Waals surface area contributed by atoms with Gasteiger partial charge in [-0.05, 0) is 13.0 Å². The Labute approximate surface area is 58.1 Å². The molecule has 1 aromatic heterocycles. The van der Waals surface area contributed by atoms with Crippen LogP contribution in [0.3, 0.4) is 0 Å². The van der Waals surface area contributed by atoms with E-state index in [0.717, 1.165) is 5.69 Å². The molecule has 0 radical (unpaired) electrons. The summed E-state index contributed by atoms with van der Waals surface area (Å²) in [6.45, 7) is 1.82. The molecule has 9 heavy (non-hydrogen) atoms. The normalized spacial score (nSPS) is 9.00. The van der Waals surface area contributed by atoms with Gasteiger partial charge in [0, 0.05) is 5.69 Å². The fraction of sp³-hybridized carbons (Fsp3) is 0.167. The molecule has 1 aromatic rings. The van der Waals surface area contributed by atoms with Gasteiger partial charge in [-0.25, -0.2) is 0 Å². The summed E-state index contributed by atoms with van der Waals surface area (Å²) in [7, 11) is 0. The van der Waals surface area contributed by atoms with Gasteiger partial charge in [-0.15, -0.1) is 0 Å². The van der Waals surface area contributed by atoms with Gasteiger partial charge >= 0.3 is 0 Å². The summed E-state index contributed by atoms with van der Waals surface area (Å²) in [6.07, 6.45) is 0. The topological polar surface area (TPSA) is 39.6 Å². The molecule has 1 N–H and O–H groups in total. The van der Waals surface area contributed by atoms with Gasteiger partial charge in [-0.2, -0.15) is 5.26 Å². The maximum Gasteiger partial charge on any atom is 0.119 e. The summed E-state index contributed by atoms with van der Waals surface area (Å²) in [5, 5.41) is 8.95. The number of halogens is 1. The molecule has 0 unspecified atom stereocenters. The third kappa shape index (κ3) is 1.06. The molecule has 0 aliphatic carbocycles. The predicted molar refractivity (Wildman–Crippen MR) is 35.3 cm³/mol. The van der Waals surface area contributed by atoms with Crippen LogP contribution in [-0.4, -0.2) is 4.98 Å². The van der Waals surface area contributed by atoms with E-state index in [1.54, 1.807) is 6.07 Å². The van der Waals surface area contributed by atoms with Crippen LogP contribution in [-0.2, 0) is 0 Å². The molecule has 0 fully saturated rings. The van der Waals surface area contributed by atoms with Crippen LogP contribution in [0, 0.1) is 18.3 Å². The maximum absolute atomic E-state index is 8.34. The number of rotatable bonds is 0. The first-order valence-electron chi connectivity index (χ1n) is 2.49. The summed E-state index contributed by atoms with van der Waals surface area (Å²) in [4.78, 5) is 2.80. The second-order valence-corrected chi connectivity index (χ2v) is 2.17. The van der Waals surface area contributed by atoms with Gasteiger partial charge in [0.25, 0.3) is 0 Å². The Morgan fingerprint density at radius 3 is 2.67 bits per heavy atom. The second kappa shape index (κ2) is 2.12. The Bertz CT molecular complexity index is 237. The van der Waals surface area contributed by atoms with E-state index >= 15 is 0 Å². The molecule has 0 aliphatic rings. The smallest absolute Gasteiger partial charge is 0.119 e. The van der Waals surface area contributed by atoms with E-state index < -0.39 is 0 Å². The van der Waals surface area contributed by atoms with Gasteiger partial charge in [-0.1, -0.05) is 11.6 Å². The van der Waals surface area contributed by atoms with Crippen molar-refractivity contribution in [1.29, 1.82) is 5.26 Å². The number of aryl methyl sites for hydroxylation is 1. The van der Waals surface area contributed by atoms with Crippen LogP contribution < -0.4 is 0 Å². The van der Waals surface area contributed by atoms with E-state index in [9.17, 15) is 0 Å². The van der Waals surface area contributed by atoms with Crippen molar-refractivity contribution in [1.82, 2.24) is 4.98 Å². The van der Waals surface area contributed by atoms with E-state index in [0.29, 0.717) is 10.7 Å². The molecule has 0 amide bonds. The summed E-state index contributed by atoms with van der Waals surface area (Å²) < 4.78 is 0. The van der Waals surface area contributed by atoms with Crippen molar-refractivity contribution in [2.75, 3.05) is 0 Å². The van der Waals surface area contributed by atoms with Gasteiger partial charge in [-0.3, -0.25) is 0 Å². The van der Waals surface area contributed by atoms with Crippen LogP contribution in [0.1, 0.15) is 11.4 Å². The van der Waals surface area contributed by atoms with Gasteiger partial charge in [0.05, 0.1) is 5.02 Å². The Morgan fingerprint density at radius 2 is 2.44 bits per heavy atom. The summed E-state index contributed by atoms with van der Waals surface area (Å²) in [5.74, 6) is 0. The van der Waals surface area contributed by atoms with Crippen molar-refractivity contribution >= 4 is 11.6 Å². The van der Waals surface area contributed by atoms with Crippen molar-refractivity contribution in [2.45, 2.75) is 6.92 Å². The number of aromatic nitrogens is 1. The Balaban J connectivity index is 3.16. The first-order valence-corrected chi connectivity index (χ1v) is 2.87. The fourth-order valence-corrected chi connectivity index (χ4v) is 0.749. The average molecular weight is 141 g/mol. The van der Waals surface area contributed by atoms with Crippen molar-refractivity contribution < 1.29 is 0 Å². The molecule has 0 bridgehead atoms. The molecule has 0 spiro atoms. The van der Waals surface area contributed by atoms with Gasteiger partial charge in [0.2, 0.25) is 0 Å². The van der Waals surface area contributed by atoms with Gasteiger partial charge in [0.15, 0.2) is 0 Å². The average Bonchev–Trinajstić information content (AvgIpc) is 2.13. The largest absolute Gasteiger partial charge is 0.349 e. The molecule has 0 saturated heterocycles. The second-order valence-electron chi connectivity index (χ2n) is 1.77. The highest BCUT2D eigenvalue weighted by atomic mass is 35.5. The molecular weight excluding hydrogens is 136 g/mol. The van der Waals surface area contributed by atoms with Crippen molar-refractivity contribution in [2.24, 2.45) is 0 Å². The number of H-pyrrole nitrogens is 1. The SMILES string of the molecule is Cc1[nH]c(C#N)cc1Cl. The summed E-state index contributed by atoms with van der Waals surface area (Å²) in [6, 6.07) is 3.56. The Morgan fingerprint density at radius 1 is 1.78 bits per heavy atom. The number of nitrogens with one attached hydrogen (secondary N) is 1. The maximum atomic E-state index is 8.34. The van der Waals surface area contributed by atoms with Crippen molar-refractivity contribution in [3.05, 3.63) is 22.5 Å². The zero-order chi connectivity index (χ0) is 6.85. The number of hydrogen-bond acceptors (Lipinski definition) is 1. The van der Waals surface area contributed by atoms with Crippen molar-refractivity contribution in [3.63, 3.8) is 0 Å². The van der Waals surface area contributed by atoms with E-state index in [-0.39, 0.29) is 0 Å². The molecule has 0 saturated carbocycles. The predicted octanol–water partition coefficient (Wildman–Crippen LogP) is 1.85. The standard InChI is InChI=1S/C6H5ClN2/c1-4-6(7)2-5(3-8)9-4/h2,9H,1H3. The van der Waals surface area contributed by atoms with Crippen LogP contribution in [0.15, 0.2) is 6.07 Å². The molecule has 0 aliphatic heterocycles. The summed E-state index contributed by atoms with van der Waals surface area (Å²) >= 11 is 5.63. The number of nitrogens with zero attached hydrogens (tertiary/aromatic N) is 1. The lowest BCUT2D eigenvalue weighted by Crippen LogP contribution is -1.71. The number of nitriles is 1. The Kier molecular flexibility index (Phi) is 1.46. The Hall–Kier alpha value is -0.940. The highest BCUT2D eigenvalue weighted by molar-refractivity contribution is 6.31.